The first-order valence-corrected chi connectivity index (χ1v) is 10.8. The van der Waals surface area contributed by atoms with Crippen molar-refractivity contribution in [3.8, 4) is 0 Å². The minimum Gasteiger partial charge on any atom is -0.378 e. The van der Waals surface area contributed by atoms with E-state index >= 15 is 0 Å². The molecule has 1 fully saturated rings. The molecule has 1 saturated carbocycles. The zero-order valence-electron chi connectivity index (χ0n) is 17.6. The summed E-state index contributed by atoms with van der Waals surface area (Å²) < 4.78 is 0. The second-order valence-electron chi connectivity index (χ2n) is 8.44. The van der Waals surface area contributed by atoms with Gasteiger partial charge in [0.25, 0.3) is 5.91 Å². The predicted molar refractivity (Wildman–Crippen MR) is 120 cm³/mol. The lowest BCUT2D eigenvalue weighted by Crippen LogP contribution is -2.50. The number of carbonyl (C=O) groups excluding carboxylic acids is 2. The molecule has 2 aliphatic rings. The van der Waals surface area contributed by atoms with Gasteiger partial charge in [0.1, 0.15) is 0 Å². The standard InChI is InChI=1S/C24H30N4O2/c1-3-23(29)28-15(2)12-21(20-6-4-5-7-22(20)28)26-18-10-8-16(9-11-18)24(30)27-19-13-17(25)14-19/h4-11,15,17,19,21,26H,3,12-14,25H2,1-2H3,(H,27,30)/t15-,17?,19?,21+/m0/s1. The Labute approximate surface area is 177 Å². The van der Waals surface area contributed by atoms with Crippen LogP contribution in [0.2, 0.25) is 0 Å². The van der Waals surface area contributed by atoms with E-state index in [9.17, 15) is 9.59 Å². The number of hydrogen-bond acceptors (Lipinski definition) is 4. The van der Waals surface area contributed by atoms with Gasteiger partial charge in [-0.3, -0.25) is 9.59 Å². The zero-order valence-corrected chi connectivity index (χ0v) is 17.6. The molecule has 6 heteroatoms. The van der Waals surface area contributed by atoms with Crippen LogP contribution in [0.1, 0.15) is 61.5 Å². The normalized spacial score (nSPS) is 25.1. The third kappa shape index (κ3) is 4.05. The molecule has 1 heterocycles. The van der Waals surface area contributed by atoms with Crippen LogP contribution in [0.4, 0.5) is 11.4 Å². The van der Waals surface area contributed by atoms with Gasteiger partial charge in [-0.15, -0.1) is 0 Å². The molecule has 30 heavy (non-hydrogen) atoms. The lowest BCUT2D eigenvalue weighted by Gasteiger charge is -2.40. The fourth-order valence-electron chi connectivity index (χ4n) is 4.47. The van der Waals surface area contributed by atoms with Crippen LogP contribution in [0.5, 0.6) is 0 Å². The van der Waals surface area contributed by atoms with Crippen LogP contribution in [0, 0.1) is 0 Å². The van der Waals surface area contributed by atoms with Crippen molar-refractivity contribution in [2.24, 2.45) is 5.73 Å². The summed E-state index contributed by atoms with van der Waals surface area (Å²) in [4.78, 5) is 26.8. The molecule has 2 amide bonds. The lowest BCUT2D eigenvalue weighted by atomic mass is 9.87. The smallest absolute Gasteiger partial charge is 0.251 e. The monoisotopic (exact) mass is 406 g/mol. The Balaban J connectivity index is 1.47. The van der Waals surface area contributed by atoms with Crippen molar-refractivity contribution in [1.82, 2.24) is 5.32 Å². The molecule has 2 aromatic rings. The number of anilines is 2. The van der Waals surface area contributed by atoms with E-state index in [0.717, 1.165) is 36.2 Å². The van der Waals surface area contributed by atoms with Crippen molar-refractivity contribution in [2.75, 3.05) is 10.2 Å². The zero-order chi connectivity index (χ0) is 21.3. The van der Waals surface area contributed by atoms with Gasteiger partial charge in [0, 0.05) is 41.5 Å². The summed E-state index contributed by atoms with van der Waals surface area (Å²) in [6.07, 6.45) is 3.02. The highest BCUT2D eigenvalue weighted by atomic mass is 16.2. The van der Waals surface area contributed by atoms with E-state index in [2.05, 4.69) is 23.6 Å². The average Bonchev–Trinajstić information content (AvgIpc) is 2.72. The van der Waals surface area contributed by atoms with E-state index in [-0.39, 0.29) is 36.0 Å². The Morgan fingerprint density at radius 3 is 2.43 bits per heavy atom. The molecule has 6 nitrogen and oxygen atoms in total. The first-order valence-electron chi connectivity index (χ1n) is 10.8. The molecule has 0 saturated heterocycles. The van der Waals surface area contributed by atoms with Gasteiger partial charge in [-0.25, -0.2) is 0 Å². The van der Waals surface area contributed by atoms with Crippen LogP contribution >= 0.6 is 0 Å². The molecule has 1 aliphatic carbocycles. The van der Waals surface area contributed by atoms with E-state index in [1.165, 1.54) is 0 Å². The van der Waals surface area contributed by atoms with Gasteiger partial charge in [0.05, 0.1) is 6.04 Å². The van der Waals surface area contributed by atoms with E-state index in [0.29, 0.717) is 12.0 Å². The molecule has 2 atom stereocenters. The number of benzene rings is 2. The number of fused-ring (bicyclic) bond motifs is 1. The van der Waals surface area contributed by atoms with Gasteiger partial charge < -0.3 is 21.3 Å². The predicted octanol–water partition coefficient (Wildman–Crippen LogP) is 3.59. The number of nitrogens with zero attached hydrogens (tertiary/aromatic N) is 1. The van der Waals surface area contributed by atoms with Crippen molar-refractivity contribution < 1.29 is 9.59 Å². The fraction of sp³-hybridized carbons (Fsp3) is 0.417. The van der Waals surface area contributed by atoms with Crippen LogP contribution < -0.4 is 21.3 Å². The molecule has 0 radical (unpaired) electrons. The Bertz CT molecular complexity index is 921. The Morgan fingerprint density at radius 2 is 1.77 bits per heavy atom. The van der Waals surface area contributed by atoms with E-state index in [4.69, 9.17) is 5.73 Å². The Hall–Kier alpha value is -2.86. The molecule has 4 N–H and O–H groups in total. The Morgan fingerprint density at radius 1 is 1.07 bits per heavy atom. The maximum Gasteiger partial charge on any atom is 0.251 e. The summed E-state index contributed by atoms with van der Waals surface area (Å²) in [6, 6.07) is 16.3. The van der Waals surface area contributed by atoms with Crippen LogP contribution in [-0.4, -0.2) is 29.9 Å². The van der Waals surface area contributed by atoms with E-state index < -0.39 is 0 Å². The van der Waals surface area contributed by atoms with Gasteiger partial charge >= 0.3 is 0 Å². The molecule has 0 spiro atoms. The maximum atomic E-state index is 12.5. The lowest BCUT2D eigenvalue weighted by molar-refractivity contribution is -0.118. The van der Waals surface area contributed by atoms with Gasteiger partial charge in [0.2, 0.25) is 5.91 Å². The number of nitrogens with one attached hydrogen (secondary N) is 2. The summed E-state index contributed by atoms with van der Waals surface area (Å²) >= 11 is 0. The van der Waals surface area contributed by atoms with E-state index in [1.54, 1.807) is 0 Å². The number of para-hydroxylation sites is 1. The number of rotatable bonds is 5. The summed E-state index contributed by atoms with van der Waals surface area (Å²) in [7, 11) is 0. The van der Waals surface area contributed by atoms with Crippen molar-refractivity contribution in [1.29, 1.82) is 0 Å². The summed E-state index contributed by atoms with van der Waals surface area (Å²) in [5, 5.41) is 6.62. The van der Waals surface area contributed by atoms with Crippen molar-refractivity contribution >= 4 is 23.2 Å². The van der Waals surface area contributed by atoms with Gasteiger partial charge in [-0.1, -0.05) is 25.1 Å². The van der Waals surface area contributed by atoms with Crippen LogP contribution in [0.15, 0.2) is 48.5 Å². The molecule has 0 aromatic heterocycles. The van der Waals surface area contributed by atoms with Crippen LogP contribution in [0.3, 0.4) is 0 Å². The highest BCUT2D eigenvalue weighted by molar-refractivity contribution is 5.96. The van der Waals surface area contributed by atoms with Crippen molar-refractivity contribution in [3.63, 3.8) is 0 Å². The Kier molecular flexibility index (Phi) is 5.77. The largest absolute Gasteiger partial charge is 0.378 e. The van der Waals surface area contributed by atoms with Gasteiger partial charge in [-0.2, -0.15) is 0 Å². The molecular formula is C24H30N4O2. The average molecular weight is 407 g/mol. The fourth-order valence-corrected chi connectivity index (χ4v) is 4.47. The number of amides is 2. The number of carbonyl (C=O) groups is 2. The molecule has 0 bridgehead atoms. The number of nitrogens with two attached hydrogens (primary N) is 1. The molecule has 2 aromatic carbocycles. The quantitative estimate of drug-likeness (QED) is 0.708. The molecule has 1 aliphatic heterocycles. The minimum absolute atomic E-state index is 0.0520. The summed E-state index contributed by atoms with van der Waals surface area (Å²) in [5.74, 6) is 0.0972. The second-order valence-corrected chi connectivity index (χ2v) is 8.44. The first kappa shape index (κ1) is 20.4. The highest BCUT2D eigenvalue weighted by Crippen LogP contribution is 2.39. The summed E-state index contributed by atoms with van der Waals surface area (Å²) in [6.45, 7) is 4.00. The molecule has 158 valence electrons. The molecular weight excluding hydrogens is 376 g/mol. The minimum atomic E-state index is -0.0520. The highest BCUT2D eigenvalue weighted by Gasteiger charge is 2.33. The molecule has 0 unspecified atom stereocenters. The maximum absolute atomic E-state index is 12.5. The van der Waals surface area contributed by atoms with Crippen molar-refractivity contribution in [2.45, 2.75) is 63.7 Å². The van der Waals surface area contributed by atoms with Gasteiger partial charge in [0.15, 0.2) is 0 Å². The number of hydrogen-bond donors (Lipinski definition) is 3. The topological polar surface area (TPSA) is 87.5 Å². The van der Waals surface area contributed by atoms with Crippen molar-refractivity contribution in [3.05, 3.63) is 59.7 Å². The first-order chi connectivity index (χ1) is 14.5. The molecule has 4 rings (SSSR count). The van der Waals surface area contributed by atoms with E-state index in [1.807, 2.05) is 54.3 Å². The van der Waals surface area contributed by atoms with Crippen LogP contribution in [-0.2, 0) is 4.79 Å². The SMILES string of the molecule is CCC(=O)N1c2ccccc2[C@H](Nc2ccc(C(=O)NC3CC(N)C3)cc2)C[C@@H]1C. The summed E-state index contributed by atoms with van der Waals surface area (Å²) in [5.41, 5.74) is 9.50. The van der Waals surface area contributed by atoms with Crippen LogP contribution in [0.25, 0.3) is 0 Å². The van der Waals surface area contributed by atoms with Gasteiger partial charge in [-0.05, 0) is 62.1 Å². The second kappa shape index (κ2) is 8.48. The third-order valence-electron chi connectivity index (χ3n) is 6.16. The third-order valence-corrected chi connectivity index (χ3v) is 6.16.